The minimum absolute atomic E-state index is 0.0717. The largest absolute Gasteiger partial charge is 0.288 e. The van der Waals surface area contributed by atoms with Crippen molar-refractivity contribution in [3.05, 3.63) is 73.5 Å². The molecule has 126 valence electrons. The molecule has 0 bridgehead atoms. The van der Waals surface area contributed by atoms with Gasteiger partial charge in [-0.3, -0.25) is 10.1 Å². The van der Waals surface area contributed by atoms with Crippen LogP contribution in [0, 0.1) is 21.8 Å². The summed E-state index contributed by atoms with van der Waals surface area (Å²) in [6.07, 6.45) is 1.46. The van der Waals surface area contributed by atoms with Gasteiger partial charge >= 0.3 is 0 Å². The molecule has 0 aliphatic carbocycles. The van der Waals surface area contributed by atoms with E-state index in [0.29, 0.717) is 16.2 Å². The average Bonchev–Trinajstić information content (AvgIpc) is 2.95. The van der Waals surface area contributed by atoms with E-state index in [4.69, 9.17) is 23.8 Å². The standard InChI is InChI=1S/C16H12ClN5O2S/c1-10-2-5-12(6-3-10)15-19-20-16(25)21(15)18-9-11-4-7-13(17)14(8-11)22(23)24/h2-9H,1H3,(H,20,25)/b18-9+. The van der Waals surface area contributed by atoms with Gasteiger partial charge in [0.05, 0.1) is 11.1 Å². The third-order valence-corrected chi connectivity index (χ3v) is 4.03. The SMILES string of the molecule is Cc1ccc(-c2n[nH]c(=S)n2/N=C/c2ccc(Cl)c([N+](=O)[O-])c2)cc1. The maximum absolute atomic E-state index is 11.0. The number of benzene rings is 2. The predicted molar refractivity (Wildman–Crippen MR) is 98.7 cm³/mol. The van der Waals surface area contributed by atoms with Crippen LogP contribution in [-0.2, 0) is 0 Å². The van der Waals surface area contributed by atoms with E-state index in [1.165, 1.54) is 23.0 Å². The molecule has 0 radical (unpaired) electrons. The Morgan fingerprint density at radius 1 is 1.32 bits per heavy atom. The van der Waals surface area contributed by atoms with E-state index in [1.807, 2.05) is 31.2 Å². The smallest absolute Gasteiger partial charge is 0.258 e. The van der Waals surface area contributed by atoms with Crippen LogP contribution in [0.2, 0.25) is 5.02 Å². The van der Waals surface area contributed by atoms with Crippen molar-refractivity contribution in [2.75, 3.05) is 0 Å². The van der Waals surface area contributed by atoms with Crippen molar-refractivity contribution in [1.29, 1.82) is 0 Å². The maximum Gasteiger partial charge on any atom is 0.288 e. The fourth-order valence-corrected chi connectivity index (χ4v) is 2.53. The van der Waals surface area contributed by atoms with E-state index < -0.39 is 4.92 Å². The maximum atomic E-state index is 11.0. The Labute approximate surface area is 152 Å². The Kier molecular flexibility index (Phi) is 4.73. The van der Waals surface area contributed by atoms with E-state index in [-0.39, 0.29) is 10.7 Å². The number of aromatic amines is 1. The van der Waals surface area contributed by atoms with Gasteiger partial charge in [0.1, 0.15) is 5.02 Å². The first-order valence-electron chi connectivity index (χ1n) is 7.18. The van der Waals surface area contributed by atoms with Gasteiger partial charge in [-0.05, 0) is 25.2 Å². The molecule has 0 spiro atoms. The summed E-state index contributed by atoms with van der Waals surface area (Å²) in [6, 6.07) is 12.2. The third-order valence-electron chi connectivity index (χ3n) is 3.45. The lowest BCUT2D eigenvalue weighted by Crippen LogP contribution is -1.96. The van der Waals surface area contributed by atoms with Crippen LogP contribution in [0.1, 0.15) is 11.1 Å². The molecular weight excluding hydrogens is 362 g/mol. The monoisotopic (exact) mass is 373 g/mol. The number of H-pyrrole nitrogens is 1. The number of hydrogen-bond donors (Lipinski definition) is 1. The molecule has 0 fully saturated rings. The number of nitrogens with zero attached hydrogens (tertiary/aromatic N) is 4. The number of hydrogen-bond acceptors (Lipinski definition) is 5. The summed E-state index contributed by atoms with van der Waals surface area (Å²) in [5.74, 6) is 0.546. The van der Waals surface area contributed by atoms with Gasteiger partial charge in [0.25, 0.3) is 5.69 Å². The van der Waals surface area contributed by atoms with Crippen LogP contribution in [0.3, 0.4) is 0 Å². The Morgan fingerprint density at radius 2 is 2.04 bits per heavy atom. The molecule has 0 aliphatic rings. The number of nitrogens with one attached hydrogen (secondary N) is 1. The van der Waals surface area contributed by atoms with Crippen molar-refractivity contribution in [2.45, 2.75) is 6.92 Å². The molecule has 7 nitrogen and oxygen atoms in total. The zero-order chi connectivity index (χ0) is 18.0. The van der Waals surface area contributed by atoms with Crippen LogP contribution in [0.4, 0.5) is 5.69 Å². The lowest BCUT2D eigenvalue weighted by atomic mass is 10.1. The van der Waals surface area contributed by atoms with Crippen molar-refractivity contribution in [2.24, 2.45) is 5.10 Å². The number of aromatic nitrogens is 3. The second-order valence-electron chi connectivity index (χ2n) is 5.24. The Morgan fingerprint density at radius 3 is 2.72 bits per heavy atom. The first-order chi connectivity index (χ1) is 12.0. The van der Waals surface area contributed by atoms with Gasteiger partial charge in [-0.1, -0.05) is 47.5 Å². The van der Waals surface area contributed by atoms with Crippen molar-refractivity contribution in [3.8, 4) is 11.4 Å². The molecule has 0 unspecified atom stereocenters. The minimum atomic E-state index is -0.541. The number of rotatable bonds is 4. The molecule has 0 aliphatic heterocycles. The molecule has 3 aromatic rings. The second-order valence-corrected chi connectivity index (χ2v) is 6.04. The highest BCUT2D eigenvalue weighted by Gasteiger charge is 2.12. The second kappa shape index (κ2) is 6.96. The van der Waals surface area contributed by atoms with Gasteiger partial charge < -0.3 is 0 Å². The molecule has 1 aromatic heterocycles. The zero-order valence-electron chi connectivity index (χ0n) is 13.0. The predicted octanol–water partition coefficient (Wildman–Crippen LogP) is 4.36. The fourth-order valence-electron chi connectivity index (χ4n) is 2.16. The van der Waals surface area contributed by atoms with E-state index in [9.17, 15) is 10.1 Å². The number of halogens is 1. The van der Waals surface area contributed by atoms with E-state index in [0.717, 1.165) is 11.1 Å². The van der Waals surface area contributed by atoms with Crippen LogP contribution in [0.5, 0.6) is 0 Å². The summed E-state index contributed by atoms with van der Waals surface area (Å²) in [6.45, 7) is 1.99. The van der Waals surface area contributed by atoms with E-state index >= 15 is 0 Å². The summed E-state index contributed by atoms with van der Waals surface area (Å²) in [5, 5.41) is 22.2. The van der Waals surface area contributed by atoms with Gasteiger partial charge in [-0.15, -0.1) is 0 Å². The molecular formula is C16H12ClN5O2S. The fraction of sp³-hybridized carbons (Fsp3) is 0.0625. The van der Waals surface area contributed by atoms with Crippen molar-refractivity contribution >= 4 is 35.7 Å². The highest BCUT2D eigenvalue weighted by molar-refractivity contribution is 7.71. The van der Waals surface area contributed by atoms with Crippen LogP contribution in [-0.4, -0.2) is 26.0 Å². The number of nitro groups is 1. The first kappa shape index (κ1) is 17.0. The summed E-state index contributed by atoms with van der Waals surface area (Å²) in [7, 11) is 0. The van der Waals surface area contributed by atoms with Crippen LogP contribution in [0.25, 0.3) is 11.4 Å². The lowest BCUT2D eigenvalue weighted by Gasteiger charge is -2.02. The van der Waals surface area contributed by atoms with Crippen LogP contribution in [0.15, 0.2) is 47.6 Å². The minimum Gasteiger partial charge on any atom is -0.258 e. The van der Waals surface area contributed by atoms with Crippen LogP contribution < -0.4 is 0 Å². The highest BCUT2D eigenvalue weighted by atomic mass is 35.5. The molecule has 0 saturated heterocycles. The zero-order valence-corrected chi connectivity index (χ0v) is 14.6. The van der Waals surface area contributed by atoms with E-state index in [1.54, 1.807) is 6.07 Å². The number of nitro benzene ring substituents is 1. The summed E-state index contributed by atoms with van der Waals surface area (Å²) in [4.78, 5) is 10.4. The quantitative estimate of drug-likeness (QED) is 0.318. The van der Waals surface area contributed by atoms with Crippen molar-refractivity contribution in [3.63, 3.8) is 0 Å². The van der Waals surface area contributed by atoms with Gasteiger partial charge in [-0.25, -0.2) is 5.10 Å². The molecule has 0 saturated carbocycles. The Bertz CT molecular complexity index is 1020. The van der Waals surface area contributed by atoms with Gasteiger partial charge in [0.2, 0.25) is 4.77 Å². The third kappa shape index (κ3) is 3.65. The van der Waals surface area contributed by atoms with Gasteiger partial charge in [0, 0.05) is 17.2 Å². The molecule has 25 heavy (non-hydrogen) atoms. The molecule has 9 heteroatoms. The van der Waals surface area contributed by atoms with Crippen LogP contribution >= 0.6 is 23.8 Å². The molecule has 0 amide bonds. The van der Waals surface area contributed by atoms with Gasteiger partial charge in [-0.2, -0.15) is 14.9 Å². The lowest BCUT2D eigenvalue weighted by molar-refractivity contribution is -0.384. The molecule has 3 rings (SSSR count). The average molecular weight is 374 g/mol. The normalized spacial score (nSPS) is 11.1. The van der Waals surface area contributed by atoms with Crippen molar-refractivity contribution in [1.82, 2.24) is 14.9 Å². The highest BCUT2D eigenvalue weighted by Crippen LogP contribution is 2.24. The summed E-state index contributed by atoms with van der Waals surface area (Å²) >= 11 is 11.0. The Hall–Kier alpha value is -2.84. The Balaban J connectivity index is 1.99. The molecule has 1 heterocycles. The topological polar surface area (TPSA) is 89.1 Å². The van der Waals surface area contributed by atoms with Gasteiger partial charge in [0.15, 0.2) is 5.82 Å². The summed E-state index contributed by atoms with van der Waals surface area (Å²) in [5.41, 5.74) is 2.31. The van der Waals surface area contributed by atoms with E-state index in [2.05, 4.69) is 15.3 Å². The first-order valence-corrected chi connectivity index (χ1v) is 7.97. The molecule has 2 aromatic carbocycles. The molecule has 0 atom stereocenters. The van der Waals surface area contributed by atoms with Crippen molar-refractivity contribution < 1.29 is 4.92 Å². The number of aryl methyl sites for hydroxylation is 1. The summed E-state index contributed by atoms with van der Waals surface area (Å²) < 4.78 is 1.77. The molecule has 1 N–H and O–H groups in total.